The van der Waals surface area contributed by atoms with E-state index in [-0.39, 0.29) is 16.9 Å². The monoisotopic (exact) mass is 439 g/mol. The Balaban J connectivity index is 2.43. The second-order valence-electron chi connectivity index (χ2n) is 4.34. The van der Waals surface area contributed by atoms with Gasteiger partial charge in [0.15, 0.2) is 0 Å². The Bertz CT molecular complexity index is 603. The van der Waals surface area contributed by atoms with Crippen LogP contribution in [0.1, 0.15) is 30.5 Å². The number of thiophene rings is 1. The first-order valence-corrected chi connectivity index (χ1v) is 8.99. The summed E-state index contributed by atoms with van der Waals surface area (Å²) in [5.41, 5.74) is 1.60. The highest BCUT2D eigenvalue weighted by Gasteiger charge is 2.21. The summed E-state index contributed by atoms with van der Waals surface area (Å²) in [5.74, 6) is -0.378. The molecule has 1 heterocycles. The van der Waals surface area contributed by atoms with Gasteiger partial charge in [-0.05, 0) is 67.9 Å². The quantitative estimate of drug-likeness (QED) is 0.549. The Labute approximate surface area is 143 Å². The standard InChI is InChI=1S/C14H13Br2ClFNS/c1-2-5-19-14(8-6-11(16)20-7-8)9-3-4-10(15)12(17)13(9)18/h3-4,6-7,14,19H,2,5H2,1H3. The number of hydrogen-bond acceptors (Lipinski definition) is 2. The van der Waals surface area contributed by atoms with Gasteiger partial charge in [0, 0.05) is 10.0 Å². The van der Waals surface area contributed by atoms with Crippen LogP contribution in [0.25, 0.3) is 0 Å². The number of benzene rings is 1. The molecular weight excluding hydrogens is 428 g/mol. The molecule has 0 aliphatic heterocycles. The van der Waals surface area contributed by atoms with E-state index in [1.807, 2.05) is 11.4 Å². The van der Waals surface area contributed by atoms with Crippen LogP contribution in [0.4, 0.5) is 4.39 Å². The molecule has 0 fully saturated rings. The van der Waals surface area contributed by atoms with E-state index in [2.05, 4.69) is 44.1 Å². The second kappa shape index (κ2) is 7.36. The van der Waals surface area contributed by atoms with Crippen molar-refractivity contribution >= 4 is 54.8 Å². The molecule has 1 aromatic carbocycles. The maximum atomic E-state index is 14.4. The molecule has 0 saturated heterocycles. The van der Waals surface area contributed by atoms with Crippen molar-refractivity contribution < 1.29 is 4.39 Å². The van der Waals surface area contributed by atoms with Crippen molar-refractivity contribution in [3.05, 3.63) is 53.8 Å². The highest BCUT2D eigenvalue weighted by atomic mass is 79.9. The van der Waals surface area contributed by atoms with Crippen LogP contribution in [0.5, 0.6) is 0 Å². The van der Waals surface area contributed by atoms with E-state index < -0.39 is 0 Å². The molecule has 0 radical (unpaired) electrons. The lowest BCUT2D eigenvalue weighted by Crippen LogP contribution is -2.23. The summed E-state index contributed by atoms with van der Waals surface area (Å²) in [5, 5.41) is 5.52. The Hall–Kier alpha value is 0.0600. The van der Waals surface area contributed by atoms with Crippen LogP contribution in [0.3, 0.4) is 0 Å². The van der Waals surface area contributed by atoms with Gasteiger partial charge in [0.05, 0.1) is 14.9 Å². The normalized spacial score (nSPS) is 12.7. The third-order valence-electron chi connectivity index (χ3n) is 2.90. The Morgan fingerprint density at radius 1 is 1.40 bits per heavy atom. The molecule has 1 nitrogen and oxygen atoms in total. The van der Waals surface area contributed by atoms with Crippen LogP contribution < -0.4 is 5.32 Å². The van der Waals surface area contributed by atoms with E-state index >= 15 is 0 Å². The maximum absolute atomic E-state index is 14.4. The molecule has 1 atom stereocenters. The van der Waals surface area contributed by atoms with Crippen LogP contribution in [0.15, 0.2) is 31.8 Å². The molecule has 2 rings (SSSR count). The molecule has 0 bridgehead atoms. The number of rotatable bonds is 5. The second-order valence-corrected chi connectivity index (χ2v) is 7.86. The van der Waals surface area contributed by atoms with Gasteiger partial charge < -0.3 is 5.32 Å². The molecule has 1 N–H and O–H groups in total. The number of nitrogens with one attached hydrogen (secondary N) is 1. The van der Waals surface area contributed by atoms with Crippen LogP contribution in [0, 0.1) is 5.82 Å². The van der Waals surface area contributed by atoms with Crippen LogP contribution in [-0.2, 0) is 0 Å². The van der Waals surface area contributed by atoms with Crippen molar-refractivity contribution in [3.63, 3.8) is 0 Å². The largest absolute Gasteiger partial charge is 0.306 e. The molecule has 2 aromatic rings. The highest BCUT2D eigenvalue weighted by Crippen LogP contribution is 2.35. The average molecular weight is 442 g/mol. The van der Waals surface area contributed by atoms with Crippen molar-refractivity contribution in [1.82, 2.24) is 5.32 Å². The lowest BCUT2D eigenvalue weighted by Gasteiger charge is -2.19. The molecular formula is C14H13Br2ClFNS. The zero-order valence-corrected chi connectivity index (χ0v) is 15.5. The molecule has 20 heavy (non-hydrogen) atoms. The topological polar surface area (TPSA) is 12.0 Å². The van der Waals surface area contributed by atoms with Gasteiger partial charge in [-0.15, -0.1) is 11.3 Å². The van der Waals surface area contributed by atoms with Crippen LogP contribution in [0.2, 0.25) is 5.02 Å². The fourth-order valence-electron chi connectivity index (χ4n) is 1.93. The van der Waals surface area contributed by atoms with Crippen molar-refractivity contribution in [2.24, 2.45) is 0 Å². The Morgan fingerprint density at radius 3 is 2.75 bits per heavy atom. The lowest BCUT2D eigenvalue weighted by molar-refractivity contribution is 0.547. The summed E-state index contributed by atoms with van der Waals surface area (Å²) in [6, 6.07) is 5.36. The van der Waals surface area contributed by atoms with E-state index in [9.17, 15) is 4.39 Å². The van der Waals surface area contributed by atoms with Gasteiger partial charge in [-0.1, -0.05) is 24.6 Å². The maximum Gasteiger partial charge on any atom is 0.148 e. The zero-order chi connectivity index (χ0) is 14.7. The van der Waals surface area contributed by atoms with Gasteiger partial charge in [-0.3, -0.25) is 0 Å². The van der Waals surface area contributed by atoms with Gasteiger partial charge in [-0.25, -0.2) is 4.39 Å². The van der Waals surface area contributed by atoms with E-state index in [4.69, 9.17) is 11.6 Å². The van der Waals surface area contributed by atoms with Gasteiger partial charge in [-0.2, -0.15) is 0 Å². The van der Waals surface area contributed by atoms with Gasteiger partial charge in [0.25, 0.3) is 0 Å². The first-order chi connectivity index (χ1) is 9.54. The molecule has 6 heteroatoms. The minimum absolute atomic E-state index is 0.125. The molecule has 108 valence electrons. The first kappa shape index (κ1) is 16.4. The van der Waals surface area contributed by atoms with E-state index in [0.717, 1.165) is 22.3 Å². The molecule has 0 saturated carbocycles. The van der Waals surface area contributed by atoms with Gasteiger partial charge in [0.2, 0.25) is 0 Å². The molecule has 0 spiro atoms. The molecule has 0 amide bonds. The third-order valence-corrected chi connectivity index (χ3v) is 5.68. The van der Waals surface area contributed by atoms with Crippen molar-refractivity contribution in [3.8, 4) is 0 Å². The fraction of sp³-hybridized carbons (Fsp3) is 0.286. The lowest BCUT2D eigenvalue weighted by atomic mass is 10.0. The van der Waals surface area contributed by atoms with E-state index in [0.29, 0.717) is 10.0 Å². The summed E-state index contributed by atoms with van der Waals surface area (Å²) in [6.45, 7) is 2.89. The van der Waals surface area contributed by atoms with Crippen LogP contribution in [-0.4, -0.2) is 6.54 Å². The number of hydrogen-bond donors (Lipinski definition) is 1. The predicted octanol–water partition coefficient (Wildman–Crippen LogP) is 6.15. The molecule has 0 aliphatic rings. The Kier molecular flexibility index (Phi) is 6.05. The third kappa shape index (κ3) is 3.63. The average Bonchev–Trinajstić information content (AvgIpc) is 2.85. The smallest absolute Gasteiger partial charge is 0.148 e. The highest BCUT2D eigenvalue weighted by molar-refractivity contribution is 9.11. The summed E-state index contributed by atoms with van der Waals surface area (Å²) in [4.78, 5) is 0. The summed E-state index contributed by atoms with van der Waals surface area (Å²) >= 11 is 14.3. The molecule has 0 aliphatic carbocycles. The molecule has 1 aromatic heterocycles. The zero-order valence-electron chi connectivity index (χ0n) is 10.7. The summed E-state index contributed by atoms with van der Waals surface area (Å²) < 4.78 is 16.0. The van der Waals surface area contributed by atoms with Gasteiger partial charge >= 0.3 is 0 Å². The Morgan fingerprint density at radius 2 is 2.15 bits per heavy atom. The number of halogens is 4. The van der Waals surface area contributed by atoms with Crippen LogP contribution >= 0.6 is 54.8 Å². The first-order valence-electron chi connectivity index (χ1n) is 6.15. The fourth-order valence-corrected chi connectivity index (χ4v) is 3.61. The van der Waals surface area contributed by atoms with Crippen molar-refractivity contribution in [2.45, 2.75) is 19.4 Å². The van der Waals surface area contributed by atoms with E-state index in [1.54, 1.807) is 23.5 Å². The summed E-state index contributed by atoms with van der Waals surface area (Å²) in [7, 11) is 0. The SMILES string of the molecule is CCCNC(c1csc(Br)c1)c1ccc(Br)c(Cl)c1F. The molecule has 1 unspecified atom stereocenters. The van der Waals surface area contributed by atoms with Crippen molar-refractivity contribution in [2.75, 3.05) is 6.54 Å². The van der Waals surface area contributed by atoms with Crippen molar-refractivity contribution in [1.29, 1.82) is 0 Å². The minimum atomic E-state index is -0.378. The summed E-state index contributed by atoms with van der Waals surface area (Å²) in [6.07, 6.45) is 0.980. The predicted molar refractivity (Wildman–Crippen MR) is 91.3 cm³/mol. The van der Waals surface area contributed by atoms with Gasteiger partial charge in [0.1, 0.15) is 5.82 Å². The minimum Gasteiger partial charge on any atom is -0.306 e. The van der Waals surface area contributed by atoms with E-state index in [1.165, 1.54) is 0 Å².